The fraction of sp³-hybridized carbons (Fsp3) is 0.133. The fourth-order valence-corrected chi connectivity index (χ4v) is 1.96. The van der Waals surface area contributed by atoms with Crippen molar-refractivity contribution in [3.63, 3.8) is 0 Å². The number of ether oxygens (including phenoxy) is 1. The number of anilines is 1. The zero-order valence-corrected chi connectivity index (χ0v) is 11.5. The Balaban J connectivity index is 2.21. The number of nitriles is 1. The lowest BCUT2D eigenvalue weighted by atomic mass is 10.1. The molecule has 3 nitrogen and oxygen atoms in total. The monoisotopic (exact) mass is 290 g/mol. The van der Waals surface area contributed by atoms with E-state index in [4.69, 9.17) is 21.6 Å². The van der Waals surface area contributed by atoms with E-state index in [1.54, 1.807) is 25.3 Å². The molecule has 20 heavy (non-hydrogen) atoms. The maximum atomic E-state index is 13.2. The molecule has 0 aliphatic rings. The molecule has 0 saturated heterocycles. The van der Waals surface area contributed by atoms with Crippen LogP contribution in [0.3, 0.4) is 0 Å². The Morgan fingerprint density at radius 3 is 2.80 bits per heavy atom. The van der Waals surface area contributed by atoms with E-state index < -0.39 is 0 Å². The highest BCUT2D eigenvalue weighted by Gasteiger charge is 2.06. The van der Waals surface area contributed by atoms with Crippen LogP contribution in [-0.2, 0) is 6.54 Å². The molecule has 0 unspecified atom stereocenters. The molecule has 0 aliphatic heterocycles. The topological polar surface area (TPSA) is 45.0 Å². The number of nitrogens with one attached hydrogen (secondary N) is 1. The summed E-state index contributed by atoms with van der Waals surface area (Å²) in [5.74, 6) is 0.286. The number of benzene rings is 2. The molecule has 0 fully saturated rings. The number of nitrogens with zero attached hydrogens (tertiary/aromatic N) is 1. The van der Waals surface area contributed by atoms with Crippen molar-refractivity contribution < 1.29 is 9.13 Å². The third-order valence-corrected chi connectivity index (χ3v) is 3.16. The minimum atomic E-state index is -0.377. The molecule has 1 N–H and O–H groups in total. The van der Waals surface area contributed by atoms with Gasteiger partial charge in [-0.05, 0) is 35.9 Å². The predicted octanol–water partition coefficient (Wildman–Crippen LogP) is 3.97. The Labute approximate surface area is 121 Å². The first-order valence-electron chi connectivity index (χ1n) is 5.90. The van der Waals surface area contributed by atoms with Crippen molar-refractivity contribution in [1.29, 1.82) is 5.26 Å². The molecule has 0 spiro atoms. The Morgan fingerprint density at radius 1 is 1.30 bits per heavy atom. The zero-order chi connectivity index (χ0) is 14.5. The molecule has 2 aromatic rings. The first kappa shape index (κ1) is 14.2. The van der Waals surface area contributed by atoms with Crippen LogP contribution in [0.5, 0.6) is 5.75 Å². The van der Waals surface area contributed by atoms with E-state index in [-0.39, 0.29) is 5.82 Å². The molecular weight excluding hydrogens is 279 g/mol. The van der Waals surface area contributed by atoms with Gasteiger partial charge in [-0.2, -0.15) is 5.26 Å². The summed E-state index contributed by atoms with van der Waals surface area (Å²) in [6, 6.07) is 11.3. The Hall–Kier alpha value is -2.25. The van der Waals surface area contributed by atoms with Crippen LogP contribution in [0.25, 0.3) is 0 Å². The maximum absolute atomic E-state index is 13.2. The fourth-order valence-electron chi connectivity index (χ4n) is 1.77. The first-order chi connectivity index (χ1) is 9.63. The van der Waals surface area contributed by atoms with Gasteiger partial charge in [-0.3, -0.25) is 0 Å². The quantitative estimate of drug-likeness (QED) is 0.926. The number of rotatable bonds is 4. The smallest absolute Gasteiger partial charge is 0.123 e. The minimum Gasteiger partial charge on any atom is -0.497 e. The van der Waals surface area contributed by atoms with Crippen LogP contribution >= 0.6 is 11.6 Å². The average Bonchev–Trinajstić information content (AvgIpc) is 2.46. The van der Waals surface area contributed by atoms with Gasteiger partial charge in [-0.25, -0.2) is 4.39 Å². The summed E-state index contributed by atoms with van der Waals surface area (Å²) >= 11 is 6.07. The lowest BCUT2D eigenvalue weighted by Crippen LogP contribution is -2.03. The van der Waals surface area contributed by atoms with Gasteiger partial charge in [-0.15, -0.1) is 0 Å². The number of hydrogen-bond acceptors (Lipinski definition) is 3. The van der Waals surface area contributed by atoms with Crippen LogP contribution in [0, 0.1) is 17.1 Å². The summed E-state index contributed by atoms with van der Waals surface area (Å²) in [5, 5.41) is 12.6. The van der Waals surface area contributed by atoms with Crippen molar-refractivity contribution in [2.75, 3.05) is 12.4 Å². The number of methoxy groups -OCH3 is 1. The van der Waals surface area contributed by atoms with E-state index in [9.17, 15) is 4.39 Å². The van der Waals surface area contributed by atoms with Crippen molar-refractivity contribution in [3.8, 4) is 11.8 Å². The van der Waals surface area contributed by atoms with E-state index in [1.165, 1.54) is 18.2 Å². The second kappa shape index (κ2) is 6.27. The van der Waals surface area contributed by atoms with Gasteiger partial charge in [0.05, 0.1) is 29.5 Å². The maximum Gasteiger partial charge on any atom is 0.123 e. The highest BCUT2D eigenvalue weighted by Crippen LogP contribution is 2.27. The van der Waals surface area contributed by atoms with E-state index in [0.29, 0.717) is 34.1 Å². The lowest BCUT2D eigenvalue weighted by Gasteiger charge is -2.11. The molecule has 102 valence electrons. The van der Waals surface area contributed by atoms with Crippen LogP contribution in [0.4, 0.5) is 10.1 Å². The van der Waals surface area contributed by atoms with Crippen molar-refractivity contribution in [2.24, 2.45) is 0 Å². The Bertz CT molecular complexity index is 667. The third kappa shape index (κ3) is 3.19. The molecule has 0 atom stereocenters. The summed E-state index contributed by atoms with van der Waals surface area (Å²) < 4.78 is 18.3. The average molecular weight is 291 g/mol. The van der Waals surface area contributed by atoms with Crippen LogP contribution in [0.1, 0.15) is 11.1 Å². The van der Waals surface area contributed by atoms with Crippen molar-refractivity contribution in [2.45, 2.75) is 6.54 Å². The van der Waals surface area contributed by atoms with Crippen molar-refractivity contribution in [1.82, 2.24) is 0 Å². The highest BCUT2D eigenvalue weighted by molar-refractivity contribution is 6.33. The van der Waals surface area contributed by atoms with E-state index in [1.807, 2.05) is 6.07 Å². The molecular formula is C15H12ClFN2O. The van der Waals surface area contributed by atoms with Crippen LogP contribution < -0.4 is 10.1 Å². The van der Waals surface area contributed by atoms with Gasteiger partial charge in [0.2, 0.25) is 0 Å². The van der Waals surface area contributed by atoms with Gasteiger partial charge in [0.25, 0.3) is 0 Å². The van der Waals surface area contributed by atoms with E-state index in [2.05, 4.69) is 5.32 Å². The van der Waals surface area contributed by atoms with Crippen molar-refractivity contribution >= 4 is 17.3 Å². The van der Waals surface area contributed by atoms with Gasteiger partial charge < -0.3 is 10.1 Å². The number of halogens is 2. The standard InChI is InChI=1S/C15H12ClFN2O/c1-20-13-4-5-14(16)15(7-13)19-9-11-6-12(17)3-2-10(11)8-18/h2-7,19H,9H2,1H3. The minimum absolute atomic E-state index is 0.299. The normalized spacial score (nSPS) is 9.90. The Morgan fingerprint density at radius 2 is 2.10 bits per heavy atom. The van der Waals surface area contributed by atoms with Gasteiger partial charge >= 0.3 is 0 Å². The number of hydrogen-bond donors (Lipinski definition) is 1. The van der Waals surface area contributed by atoms with Gasteiger partial charge in [-0.1, -0.05) is 11.6 Å². The highest BCUT2D eigenvalue weighted by atomic mass is 35.5. The summed E-state index contributed by atoms with van der Waals surface area (Å²) in [5.41, 5.74) is 1.67. The van der Waals surface area contributed by atoms with Crippen molar-refractivity contribution in [3.05, 3.63) is 58.4 Å². The summed E-state index contributed by atoms with van der Waals surface area (Å²) in [7, 11) is 1.56. The van der Waals surface area contributed by atoms with E-state index in [0.717, 1.165) is 0 Å². The van der Waals surface area contributed by atoms with Gasteiger partial charge in [0.15, 0.2) is 0 Å². The molecule has 0 heterocycles. The second-order valence-electron chi connectivity index (χ2n) is 4.11. The van der Waals surface area contributed by atoms with Gasteiger partial charge in [0.1, 0.15) is 11.6 Å². The molecule has 0 bridgehead atoms. The molecule has 0 radical (unpaired) electrons. The zero-order valence-electron chi connectivity index (χ0n) is 10.8. The van der Waals surface area contributed by atoms with Crippen LogP contribution in [0.2, 0.25) is 5.02 Å². The summed E-state index contributed by atoms with van der Waals surface area (Å²) in [4.78, 5) is 0. The van der Waals surface area contributed by atoms with E-state index >= 15 is 0 Å². The van der Waals surface area contributed by atoms with Crippen LogP contribution in [-0.4, -0.2) is 7.11 Å². The molecule has 0 saturated carbocycles. The predicted molar refractivity (Wildman–Crippen MR) is 76.4 cm³/mol. The molecule has 0 aromatic heterocycles. The lowest BCUT2D eigenvalue weighted by molar-refractivity contribution is 0.415. The molecule has 2 rings (SSSR count). The summed E-state index contributed by atoms with van der Waals surface area (Å²) in [6.07, 6.45) is 0. The first-order valence-corrected chi connectivity index (χ1v) is 6.28. The van der Waals surface area contributed by atoms with Crippen LogP contribution in [0.15, 0.2) is 36.4 Å². The summed E-state index contributed by atoms with van der Waals surface area (Å²) in [6.45, 7) is 0.299. The molecule has 2 aromatic carbocycles. The molecule has 0 aliphatic carbocycles. The SMILES string of the molecule is COc1ccc(Cl)c(NCc2cc(F)ccc2C#N)c1. The molecule has 5 heteroatoms. The second-order valence-corrected chi connectivity index (χ2v) is 4.52. The largest absolute Gasteiger partial charge is 0.497 e. The Kier molecular flexibility index (Phi) is 4.44. The van der Waals surface area contributed by atoms with Gasteiger partial charge in [0, 0.05) is 12.6 Å². The third-order valence-electron chi connectivity index (χ3n) is 2.83. The molecule has 0 amide bonds.